The number of nitrogens with zero attached hydrogens (tertiary/aromatic N) is 4. The topological polar surface area (TPSA) is 98.5 Å². The number of likely N-dealkylation sites (N-methyl/N-ethyl adjacent to an activating group) is 1. The van der Waals surface area contributed by atoms with Gasteiger partial charge in [-0.25, -0.2) is 9.48 Å². The van der Waals surface area contributed by atoms with Crippen molar-refractivity contribution in [2.24, 2.45) is 7.05 Å². The van der Waals surface area contributed by atoms with Gasteiger partial charge in [0.15, 0.2) is 6.10 Å². The van der Waals surface area contributed by atoms with Crippen molar-refractivity contribution in [3.05, 3.63) is 87.5 Å². The number of carbonyl (C=O) groups is 2. The van der Waals surface area contributed by atoms with Crippen molar-refractivity contribution in [1.29, 1.82) is 0 Å². The summed E-state index contributed by atoms with van der Waals surface area (Å²) in [7, 11) is 1.76. The van der Waals surface area contributed by atoms with Gasteiger partial charge in [-0.15, -0.1) is 0 Å². The highest BCUT2D eigenvalue weighted by Gasteiger charge is 2.30. The van der Waals surface area contributed by atoms with E-state index in [4.69, 9.17) is 9.72 Å². The number of fused-ring (bicyclic) bond motifs is 2. The molecular formula is C30H33N5O4. The summed E-state index contributed by atoms with van der Waals surface area (Å²) in [6.07, 6.45) is -0.0783. The van der Waals surface area contributed by atoms with Crippen LogP contribution in [-0.4, -0.2) is 50.3 Å². The summed E-state index contributed by atoms with van der Waals surface area (Å²) in [4.78, 5) is 47.4. The van der Waals surface area contributed by atoms with Gasteiger partial charge < -0.3 is 10.1 Å². The van der Waals surface area contributed by atoms with Gasteiger partial charge in [0, 0.05) is 43.2 Å². The zero-order valence-corrected chi connectivity index (χ0v) is 22.7. The number of anilines is 1. The molecule has 0 radical (unpaired) electrons. The maximum Gasteiger partial charge on any atom is 0.340 e. The molecule has 9 heteroatoms. The first-order valence-electron chi connectivity index (χ1n) is 13.3. The minimum Gasteiger partial charge on any atom is -0.449 e. The fourth-order valence-corrected chi connectivity index (χ4v) is 5.18. The molecule has 0 saturated heterocycles. The predicted molar refractivity (Wildman–Crippen MR) is 150 cm³/mol. The number of rotatable bonds is 7. The van der Waals surface area contributed by atoms with Crippen LogP contribution in [0.3, 0.4) is 0 Å². The van der Waals surface area contributed by atoms with Gasteiger partial charge in [-0.05, 0) is 38.1 Å². The van der Waals surface area contributed by atoms with Crippen LogP contribution in [0, 0.1) is 6.92 Å². The van der Waals surface area contributed by atoms with Gasteiger partial charge in [-0.2, -0.15) is 0 Å². The second kappa shape index (κ2) is 10.9. The third-order valence-corrected chi connectivity index (χ3v) is 7.49. The Hall–Kier alpha value is -4.24. The molecule has 0 aliphatic carbocycles. The summed E-state index contributed by atoms with van der Waals surface area (Å²) in [6, 6.07) is 16.7. The van der Waals surface area contributed by atoms with E-state index < -0.39 is 18.0 Å². The third-order valence-electron chi connectivity index (χ3n) is 7.49. The maximum atomic E-state index is 13.7. The second-order valence-electron chi connectivity index (χ2n) is 9.78. The number of hydrogen-bond acceptors (Lipinski definition) is 6. The molecule has 1 aliphatic rings. The Morgan fingerprint density at radius 1 is 1.08 bits per heavy atom. The molecule has 39 heavy (non-hydrogen) atoms. The Morgan fingerprint density at radius 3 is 2.51 bits per heavy atom. The standard InChI is InChI=1S/C30H33N5O4/c1-5-25(28(36)32-27-19(3)33(4)35(29(27)37)20-12-8-7-9-13-20)39-30(38)26-21-14-10-11-15-23(21)31-24-16-17-34(6-2)18-22(24)26/h7-15,25H,5-6,16-18H2,1-4H3,(H,32,36). The highest BCUT2D eigenvalue weighted by Crippen LogP contribution is 2.29. The lowest BCUT2D eigenvalue weighted by atomic mass is 9.95. The molecule has 2 aromatic heterocycles. The lowest BCUT2D eigenvalue weighted by Crippen LogP contribution is -2.35. The van der Waals surface area contributed by atoms with Gasteiger partial charge in [0.05, 0.1) is 22.5 Å². The van der Waals surface area contributed by atoms with E-state index in [9.17, 15) is 14.4 Å². The number of pyridine rings is 1. The number of benzene rings is 2. The zero-order valence-electron chi connectivity index (χ0n) is 22.7. The fraction of sp³-hybridized carbons (Fsp3) is 0.333. The number of esters is 1. The van der Waals surface area contributed by atoms with Crippen LogP contribution in [0.4, 0.5) is 5.69 Å². The summed E-state index contributed by atoms with van der Waals surface area (Å²) in [5.74, 6) is -1.10. The van der Waals surface area contributed by atoms with Crippen molar-refractivity contribution in [3.8, 4) is 5.69 Å². The van der Waals surface area contributed by atoms with E-state index in [-0.39, 0.29) is 17.7 Å². The molecule has 1 N–H and O–H groups in total. The molecule has 202 valence electrons. The molecule has 9 nitrogen and oxygen atoms in total. The van der Waals surface area contributed by atoms with Crippen molar-refractivity contribution in [3.63, 3.8) is 0 Å². The summed E-state index contributed by atoms with van der Waals surface area (Å²) in [5, 5.41) is 3.45. The van der Waals surface area contributed by atoms with Crippen LogP contribution < -0.4 is 10.9 Å². The Kier molecular flexibility index (Phi) is 7.34. The molecular weight excluding hydrogens is 494 g/mol. The van der Waals surface area contributed by atoms with E-state index in [0.29, 0.717) is 28.9 Å². The second-order valence-corrected chi connectivity index (χ2v) is 9.78. The van der Waals surface area contributed by atoms with Crippen LogP contribution in [-0.2, 0) is 29.5 Å². The molecule has 0 spiro atoms. The number of ether oxygens (including phenoxy) is 1. The molecule has 0 saturated carbocycles. The zero-order chi connectivity index (χ0) is 27.7. The molecule has 1 atom stereocenters. The molecule has 5 rings (SSSR count). The summed E-state index contributed by atoms with van der Waals surface area (Å²) < 4.78 is 9.03. The van der Waals surface area contributed by atoms with Crippen molar-refractivity contribution in [1.82, 2.24) is 19.2 Å². The van der Waals surface area contributed by atoms with Gasteiger partial charge in [0.25, 0.3) is 11.5 Å². The predicted octanol–water partition coefficient (Wildman–Crippen LogP) is 3.98. The van der Waals surface area contributed by atoms with Crippen LogP contribution in [0.25, 0.3) is 16.6 Å². The molecule has 4 aromatic rings. The first-order valence-corrected chi connectivity index (χ1v) is 13.3. The Balaban J connectivity index is 1.45. The molecule has 1 aliphatic heterocycles. The SMILES string of the molecule is CCC(OC(=O)c1c2c(nc3ccccc13)CCN(CC)C2)C(=O)Nc1c(C)n(C)n(-c2ccccc2)c1=O. The van der Waals surface area contributed by atoms with E-state index in [1.165, 1.54) is 4.68 Å². The molecule has 3 heterocycles. The lowest BCUT2D eigenvalue weighted by molar-refractivity contribution is -0.124. The number of para-hydroxylation sites is 2. The monoisotopic (exact) mass is 527 g/mol. The van der Waals surface area contributed by atoms with Crippen LogP contribution in [0.5, 0.6) is 0 Å². The van der Waals surface area contributed by atoms with Gasteiger partial charge in [-0.3, -0.25) is 24.2 Å². The minimum atomic E-state index is -1.07. The van der Waals surface area contributed by atoms with Crippen molar-refractivity contribution in [2.45, 2.75) is 46.3 Å². The van der Waals surface area contributed by atoms with E-state index in [0.717, 1.165) is 36.3 Å². The average Bonchev–Trinajstić information content (AvgIpc) is 3.17. The Bertz CT molecular complexity index is 1610. The Labute approximate surface area is 227 Å². The molecule has 0 bridgehead atoms. The van der Waals surface area contributed by atoms with Gasteiger partial charge >= 0.3 is 5.97 Å². The van der Waals surface area contributed by atoms with Crippen molar-refractivity contribution in [2.75, 3.05) is 18.4 Å². The van der Waals surface area contributed by atoms with Crippen LogP contribution in [0.15, 0.2) is 59.4 Å². The molecule has 2 aromatic carbocycles. The van der Waals surface area contributed by atoms with Gasteiger partial charge in [0.1, 0.15) is 5.69 Å². The first kappa shape index (κ1) is 26.4. The first-order chi connectivity index (χ1) is 18.8. The molecule has 1 amide bonds. The van der Waals surface area contributed by atoms with Crippen LogP contribution in [0.1, 0.15) is 47.6 Å². The highest BCUT2D eigenvalue weighted by molar-refractivity contribution is 6.06. The van der Waals surface area contributed by atoms with E-state index in [1.807, 2.05) is 54.6 Å². The van der Waals surface area contributed by atoms with Crippen LogP contribution in [0.2, 0.25) is 0 Å². The van der Waals surface area contributed by atoms with Crippen molar-refractivity contribution < 1.29 is 14.3 Å². The smallest absolute Gasteiger partial charge is 0.340 e. The fourth-order valence-electron chi connectivity index (χ4n) is 5.18. The van der Waals surface area contributed by atoms with Crippen molar-refractivity contribution >= 4 is 28.5 Å². The Morgan fingerprint density at radius 2 is 1.79 bits per heavy atom. The van der Waals surface area contributed by atoms with Gasteiger partial charge in [-0.1, -0.05) is 50.2 Å². The number of hydrogen-bond donors (Lipinski definition) is 1. The van der Waals surface area contributed by atoms with E-state index in [1.54, 1.807) is 25.6 Å². The molecule has 1 unspecified atom stereocenters. The number of carbonyl (C=O) groups excluding carboxylic acids is 2. The lowest BCUT2D eigenvalue weighted by Gasteiger charge is -2.29. The maximum absolute atomic E-state index is 13.7. The summed E-state index contributed by atoms with van der Waals surface area (Å²) in [5.41, 5.74) is 4.01. The van der Waals surface area contributed by atoms with Crippen LogP contribution >= 0.6 is 0 Å². The number of aromatic nitrogens is 3. The van der Waals surface area contributed by atoms with Gasteiger partial charge in [0.2, 0.25) is 0 Å². The summed E-state index contributed by atoms with van der Waals surface area (Å²) in [6.45, 7) is 7.96. The minimum absolute atomic E-state index is 0.158. The quantitative estimate of drug-likeness (QED) is 0.365. The largest absolute Gasteiger partial charge is 0.449 e. The third kappa shape index (κ3) is 4.85. The highest BCUT2D eigenvalue weighted by atomic mass is 16.5. The normalized spacial score (nSPS) is 14.2. The van der Waals surface area contributed by atoms with E-state index >= 15 is 0 Å². The summed E-state index contributed by atoms with van der Waals surface area (Å²) >= 11 is 0. The van der Waals surface area contributed by atoms with E-state index in [2.05, 4.69) is 17.1 Å². The average molecular weight is 528 g/mol. The number of nitrogens with one attached hydrogen (secondary N) is 1. The number of amides is 1. The molecule has 0 fully saturated rings.